The molecule has 14 heteroatoms. The lowest BCUT2D eigenvalue weighted by molar-refractivity contribution is -0.145. The van der Waals surface area contributed by atoms with Gasteiger partial charge in [0.1, 0.15) is 11.6 Å². The van der Waals surface area contributed by atoms with Crippen molar-refractivity contribution in [3.8, 4) is 0 Å². The highest BCUT2D eigenvalue weighted by molar-refractivity contribution is 6.40. The number of carboxylic acid groups (broad SMARTS) is 1. The molecular formula is C24H16ClF3N4O6. The Hall–Kier alpha value is -4.26. The van der Waals surface area contributed by atoms with E-state index in [1.807, 2.05) is 0 Å². The summed E-state index contributed by atoms with van der Waals surface area (Å²) < 4.78 is 38.5. The molecule has 5 rings (SSSR count). The number of allylic oxidation sites excluding steroid dienone is 1. The number of rotatable bonds is 6. The number of aliphatic carboxylic acids is 1. The number of nitrogens with one attached hydrogen (secondary N) is 1. The van der Waals surface area contributed by atoms with Crippen LogP contribution in [0, 0.1) is 11.8 Å². The van der Waals surface area contributed by atoms with Crippen molar-refractivity contribution < 1.29 is 42.6 Å². The fourth-order valence-electron chi connectivity index (χ4n) is 4.83. The summed E-state index contributed by atoms with van der Waals surface area (Å²) in [6.07, 6.45) is -4.07. The number of carbonyl (C=O) groups is 4. The molecule has 0 bridgehead atoms. The smallest absolute Gasteiger partial charge is 0.417 e. The lowest BCUT2D eigenvalue weighted by atomic mass is 9.85. The molecule has 10 nitrogen and oxygen atoms in total. The van der Waals surface area contributed by atoms with Crippen LogP contribution in [-0.2, 0) is 20.6 Å². The summed E-state index contributed by atoms with van der Waals surface area (Å²) in [5.74, 6) is -7.22. The van der Waals surface area contributed by atoms with Crippen LogP contribution in [0.15, 0.2) is 47.1 Å². The molecule has 3 heterocycles. The Labute approximate surface area is 216 Å². The summed E-state index contributed by atoms with van der Waals surface area (Å²) in [5.41, 5.74) is -1.31. The van der Waals surface area contributed by atoms with Crippen LogP contribution < -0.4 is 5.32 Å². The Morgan fingerprint density at radius 3 is 2.42 bits per heavy atom. The molecule has 38 heavy (non-hydrogen) atoms. The molecule has 196 valence electrons. The number of aliphatic hydroxyl groups excluding tert-OH is 1. The number of aliphatic imine (C=N–C) groups is 1. The van der Waals surface area contributed by atoms with Gasteiger partial charge in [-0.2, -0.15) is 13.2 Å². The van der Waals surface area contributed by atoms with E-state index in [0.29, 0.717) is 12.3 Å². The molecule has 2 aliphatic heterocycles. The number of benzene rings is 1. The van der Waals surface area contributed by atoms with Crippen LogP contribution in [0.4, 0.5) is 19.0 Å². The molecule has 3 N–H and O–H groups in total. The first-order valence-corrected chi connectivity index (χ1v) is 11.5. The maximum atomic E-state index is 13.3. The normalized spacial score (nSPS) is 22.6. The van der Waals surface area contributed by atoms with Crippen molar-refractivity contribution in [1.29, 1.82) is 0 Å². The largest absolute Gasteiger partial charge is 0.506 e. The van der Waals surface area contributed by atoms with Crippen LogP contribution in [-0.4, -0.2) is 68.5 Å². The topological polar surface area (TPSA) is 149 Å². The van der Waals surface area contributed by atoms with E-state index in [9.17, 15) is 42.6 Å². The van der Waals surface area contributed by atoms with E-state index in [1.54, 1.807) is 12.1 Å². The number of amides is 2. The number of carboxylic acids is 1. The molecule has 1 saturated heterocycles. The van der Waals surface area contributed by atoms with E-state index < -0.39 is 58.9 Å². The number of Topliss-reactive ketones (excluding diaryl/α,β-unsaturated/α-hetero) is 1. The summed E-state index contributed by atoms with van der Waals surface area (Å²) in [6, 6.07) is 5.11. The fourth-order valence-corrected chi connectivity index (χ4v) is 5.06. The lowest BCUT2D eigenvalue weighted by Crippen LogP contribution is -2.38. The standard InChI is InChI=1S/C24H16ClF3N4O6/c25-12-7-9(24(26,27)28)8-30-20(12)29-5-6-32-21(35)13-14(22(32)36)17(23(37)38)31-16(13)15-18(33)10-3-1-2-4-11(10)19(15)34/h1-4,7-8,13-14,17,33H,5-6H2,(H,29,30)(H,37,38)/t13-,14-,17+/m1/s1. The molecule has 1 aliphatic carbocycles. The number of nitrogens with zero attached hydrogens (tertiary/aromatic N) is 3. The maximum Gasteiger partial charge on any atom is 0.417 e. The van der Waals surface area contributed by atoms with E-state index in [4.69, 9.17) is 11.6 Å². The molecule has 0 radical (unpaired) electrons. The van der Waals surface area contributed by atoms with Crippen LogP contribution in [0.3, 0.4) is 0 Å². The molecule has 1 aromatic heterocycles. The Morgan fingerprint density at radius 1 is 1.13 bits per heavy atom. The number of likely N-dealkylation sites (tertiary alicyclic amines) is 1. The Morgan fingerprint density at radius 2 is 1.82 bits per heavy atom. The van der Waals surface area contributed by atoms with E-state index >= 15 is 0 Å². The SMILES string of the molecule is O=C1C(C2=N[C@H](C(=O)O)[C@@H]3C(=O)N(CCNc4ncc(C(F)(F)F)cc4Cl)C(=O)[C@@H]23)=C(O)c2ccccc21. The second-order valence-electron chi connectivity index (χ2n) is 8.71. The van der Waals surface area contributed by atoms with Crippen molar-refractivity contribution in [2.45, 2.75) is 12.2 Å². The maximum absolute atomic E-state index is 13.3. The first kappa shape index (κ1) is 25.4. The number of carbonyl (C=O) groups excluding carboxylic acids is 3. The van der Waals surface area contributed by atoms with Gasteiger partial charge in [-0.3, -0.25) is 24.3 Å². The second-order valence-corrected chi connectivity index (χ2v) is 9.11. The average molecular weight is 549 g/mol. The number of hydrogen-bond acceptors (Lipinski definition) is 8. The van der Waals surface area contributed by atoms with Gasteiger partial charge >= 0.3 is 12.1 Å². The van der Waals surface area contributed by atoms with E-state index in [2.05, 4.69) is 15.3 Å². The highest BCUT2D eigenvalue weighted by Gasteiger charge is 2.60. The summed E-state index contributed by atoms with van der Waals surface area (Å²) in [5, 5.41) is 22.7. The van der Waals surface area contributed by atoms with Crippen molar-refractivity contribution in [1.82, 2.24) is 9.88 Å². The van der Waals surface area contributed by atoms with Crippen LogP contribution in [0.25, 0.3) is 5.76 Å². The number of imide groups is 1. The van der Waals surface area contributed by atoms with Crippen molar-refractivity contribution in [2.24, 2.45) is 16.8 Å². The predicted octanol–water partition coefficient (Wildman–Crippen LogP) is 2.84. The highest BCUT2D eigenvalue weighted by atomic mass is 35.5. The summed E-state index contributed by atoms with van der Waals surface area (Å²) in [7, 11) is 0. The Balaban J connectivity index is 1.38. The van der Waals surface area contributed by atoms with Crippen molar-refractivity contribution in [3.63, 3.8) is 0 Å². The zero-order valence-corrected chi connectivity index (χ0v) is 19.7. The molecule has 1 aromatic carbocycles. The van der Waals surface area contributed by atoms with Crippen molar-refractivity contribution in [3.05, 3.63) is 63.8 Å². The van der Waals surface area contributed by atoms with Gasteiger partial charge in [-0.15, -0.1) is 0 Å². The number of halogens is 4. The molecular weight excluding hydrogens is 533 g/mol. The van der Waals surface area contributed by atoms with Crippen LogP contribution >= 0.6 is 11.6 Å². The average Bonchev–Trinajstić information content (AvgIpc) is 3.45. The zero-order chi connectivity index (χ0) is 27.5. The van der Waals surface area contributed by atoms with Gasteiger partial charge in [0.05, 0.1) is 33.7 Å². The van der Waals surface area contributed by atoms with Gasteiger partial charge in [0.15, 0.2) is 11.8 Å². The number of ketones is 1. The summed E-state index contributed by atoms with van der Waals surface area (Å²) in [4.78, 5) is 59.8. The van der Waals surface area contributed by atoms with Gasteiger partial charge in [0.25, 0.3) is 0 Å². The highest BCUT2D eigenvalue weighted by Crippen LogP contribution is 2.43. The first-order valence-electron chi connectivity index (χ1n) is 11.1. The molecule has 0 unspecified atom stereocenters. The number of aliphatic hydroxyl groups is 1. The summed E-state index contributed by atoms with van der Waals surface area (Å²) >= 11 is 5.86. The summed E-state index contributed by atoms with van der Waals surface area (Å²) in [6.45, 7) is -0.472. The first-order chi connectivity index (χ1) is 17.9. The van der Waals surface area contributed by atoms with E-state index in [1.165, 1.54) is 12.1 Å². The van der Waals surface area contributed by atoms with Gasteiger partial charge in [-0.1, -0.05) is 35.9 Å². The number of hydrogen-bond donors (Lipinski definition) is 3. The molecule has 1 fully saturated rings. The lowest BCUT2D eigenvalue weighted by Gasteiger charge is -2.18. The third kappa shape index (κ3) is 3.90. The minimum Gasteiger partial charge on any atom is -0.506 e. The second kappa shape index (κ2) is 8.94. The minimum atomic E-state index is -4.65. The van der Waals surface area contributed by atoms with Gasteiger partial charge in [0, 0.05) is 30.4 Å². The third-order valence-corrected chi connectivity index (χ3v) is 6.84. The quantitative estimate of drug-likeness (QED) is 0.467. The molecule has 2 aromatic rings. The van der Waals surface area contributed by atoms with Crippen molar-refractivity contribution >= 4 is 52.5 Å². The monoisotopic (exact) mass is 548 g/mol. The number of anilines is 1. The van der Waals surface area contributed by atoms with E-state index in [0.717, 1.165) is 4.90 Å². The van der Waals surface area contributed by atoms with Gasteiger partial charge < -0.3 is 15.5 Å². The number of aromatic nitrogens is 1. The molecule has 0 saturated carbocycles. The minimum absolute atomic E-state index is 0.117. The van der Waals surface area contributed by atoms with Gasteiger partial charge in [-0.25, -0.2) is 9.78 Å². The van der Waals surface area contributed by atoms with Crippen LogP contribution in [0.5, 0.6) is 0 Å². The number of fused-ring (bicyclic) bond motifs is 2. The molecule has 2 amide bonds. The predicted molar refractivity (Wildman–Crippen MR) is 126 cm³/mol. The van der Waals surface area contributed by atoms with Crippen molar-refractivity contribution in [2.75, 3.05) is 18.4 Å². The molecule has 0 spiro atoms. The van der Waals surface area contributed by atoms with Gasteiger partial charge in [0.2, 0.25) is 11.8 Å². The zero-order valence-electron chi connectivity index (χ0n) is 19.0. The molecule has 3 aliphatic rings. The van der Waals surface area contributed by atoms with Crippen LogP contribution in [0.2, 0.25) is 5.02 Å². The Bertz CT molecular complexity index is 1490. The fraction of sp³-hybridized carbons (Fsp3) is 0.250. The Kier molecular flexibility index (Phi) is 5.97. The molecule has 3 atom stereocenters. The van der Waals surface area contributed by atoms with Crippen LogP contribution in [0.1, 0.15) is 21.5 Å². The number of pyridine rings is 1. The number of alkyl halides is 3. The third-order valence-electron chi connectivity index (χ3n) is 6.55. The van der Waals surface area contributed by atoms with Gasteiger partial charge in [-0.05, 0) is 6.07 Å². The van der Waals surface area contributed by atoms with E-state index in [-0.39, 0.29) is 46.3 Å².